The second kappa shape index (κ2) is 10.1. The van der Waals surface area contributed by atoms with Crippen molar-refractivity contribution in [2.45, 2.75) is 32.6 Å². The van der Waals surface area contributed by atoms with Crippen LogP contribution < -0.4 is 10.6 Å². The minimum absolute atomic E-state index is 0.00705. The average Bonchev–Trinajstić information content (AvgIpc) is 2.68. The smallest absolute Gasteiger partial charge is 0.305 e. The van der Waals surface area contributed by atoms with Gasteiger partial charge in [-0.15, -0.1) is 0 Å². The molecule has 0 unspecified atom stereocenters. The van der Waals surface area contributed by atoms with Crippen LogP contribution in [-0.2, 0) is 15.0 Å². The number of hydrogen-bond acceptors (Lipinski definition) is 3. The topological polar surface area (TPSA) is 95.5 Å². The van der Waals surface area contributed by atoms with Gasteiger partial charge in [-0.05, 0) is 46.9 Å². The number of carbonyl (C=O) groups is 3. The van der Waals surface area contributed by atoms with Crippen LogP contribution in [0.15, 0.2) is 54.2 Å². The first-order valence-corrected chi connectivity index (χ1v) is 9.83. The molecule has 0 aliphatic rings. The molecule has 0 saturated heterocycles. The fraction of sp³-hybridized carbons (Fsp3) is 0.261. The third-order valence-electron chi connectivity index (χ3n) is 4.31. The molecule has 0 radical (unpaired) electrons. The highest BCUT2D eigenvalue weighted by molar-refractivity contribution is 6.30. The predicted molar refractivity (Wildman–Crippen MR) is 117 cm³/mol. The van der Waals surface area contributed by atoms with Crippen LogP contribution >= 0.6 is 11.6 Å². The van der Waals surface area contributed by atoms with Gasteiger partial charge in [-0.1, -0.05) is 56.6 Å². The van der Waals surface area contributed by atoms with Crippen molar-refractivity contribution in [2.24, 2.45) is 0 Å². The maximum Gasteiger partial charge on any atom is 0.305 e. The molecule has 2 rings (SSSR count). The molecule has 30 heavy (non-hydrogen) atoms. The van der Waals surface area contributed by atoms with E-state index in [1.165, 1.54) is 6.08 Å². The zero-order chi connectivity index (χ0) is 22.3. The summed E-state index contributed by atoms with van der Waals surface area (Å²) in [6.07, 6.45) is 1.29. The van der Waals surface area contributed by atoms with E-state index in [4.69, 9.17) is 16.7 Å². The Bertz CT molecular complexity index is 943. The fourth-order valence-corrected chi connectivity index (χ4v) is 2.70. The van der Waals surface area contributed by atoms with Gasteiger partial charge in [-0.25, -0.2) is 0 Å². The second-order valence-electron chi connectivity index (χ2n) is 7.79. The van der Waals surface area contributed by atoms with E-state index in [2.05, 4.69) is 31.4 Å². The predicted octanol–water partition coefficient (Wildman–Crippen LogP) is 4.00. The molecule has 0 aliphatic carbocycles. The van der Waals surface area contributed by atoms with Gasteiger partial charge in [0.05, 0.1) is 6.42 Å². The van der Waals surface area contributed by atoms with E-state index in [1.807, 2.05) is 12.1 Å². The van der Waals surface area contributed by atoms with Gasteiger partial charge in [0.2, 0.25) is 0 Å². The van der Waals surface area contributed by atoms with Crippen molar-refractivity contribution in [3.63, 3.8) is 0 Å². The summed E-state index contributed by atoms with van der Waals surface area (Å²) in [5.74, 6) is -2.04. The van der Waals surface area contributed by atoms with Crippen molar-refractivity contribution < 1.29 is 19.5 Å². The zero-order valence-electron chi connectivity index (χ0n) is 17.2. The Morgan fingerprint density at radius 3 is 2.13 bits per heavy atom. The molecule has 158 valence electrons. The molecule has 3 N–H and O–H groups in total. The highest BCUT2D eigenvalue weighted by Gasteiger charge is 2.17. The van der Waals surface area contributed by atoms with E-state index in [1.54, 1.807) is 36.4 Å². The number of carboxylic acid groups (broad SMARTS) is 1. The SMILES string of the molecule is CC(C)(C)c1ccc(C(=O)N/C(=C/c2ccc(Cl)cc2)C(=O)NCCC(=O)O)cc1. The lowest BCUT2D eigenvalue weighted by Gasteiger charge is -2.19. The van der Waals surface area contributed by atoms with Crippen molar-refractivity contribution in [3.05, 3.63) is 75.9 Å². The number of amides is 2. The van der Waals surface area contributed by atoms with Crippen LogP contribution in [0.25, 0.3) is 6.08 Å². The van der Waals surface area contributed by atoms with Crippen molar-refractivity contribution in [2.75, 3.05) is 6.54 Å². The molecular formula is C23H25ClN2O4. The summed E-state index contributed by atoms with van der Waals surface area (Å²) < 4.78 is 0. The van der Waals surface area contributed by atoms with Crippen LogP contribution in [0.5, 0.6) is 0 Å². The van der Waals surface area contributed by atoms with Crippen molar-refractivity contribution >= 4 is 35.5 Å². The lowest BCUT2D eigenvalue weighted by molar-refractivity contribution is -0.136. The maximum atomic E-state index is 12.7. The number of nitrogens with one attached hydrogen (secondary N) is 2. The van der Waals surface area contributed by atoms with Crippen molar-refractivity contribution in [1.82, 2.24) is 10.6 Å². The monoisotopic (exact) mass is 428 g/mol. The lowest BCUT2D eigenvalue weighted by Crippen LogP contribution is -2.35. The van der Waals surface area contributed by atoms with Gasteiger partial charge < -0.3 is 15.7 Å². The third kappa shape index (κ3) is 7.04. The molecule has 2 amide bonds. The highest BCUT2D eigenvalue weighted by Crippen LogP contribution is 2.22. The van der Waals surface area contributed by atoms with Crippen molar-refractivity contribution in [3.8, 4) is 0 Å². The number of carbonyl (C=O) groups excluding carboxylic acids is 2. The molecule has 0 fully saturated rings. The molecule has 2 aromatic rings. The minimum Gasteiger partial charge on any atom is -0.481 e. The summed E-state index contributed by atoms with van der Waals surface area (Å²) in [4.78, 5) is 35.9. The molecule has 0 aromatic heterocycles. The van der Waals surface area contributed by atoms with Gasteiger partial charge in [0.1, 0.15) is 5.70 Å². The fourth-order valence-electron chi connectivity index (χ4n) is 2.58. The molecule has 7 heteroatoms. The van der Waals surface area contributed by atoms with Crippen LogP contribution in [0.4, 0.5) is 0 Å². The Labute approximate surface area is 180 Å². The van der Waals surface area contributed by atoms with Crippen LogP contribution in [0, 0.1) is 0 Å². The maximum absolute atomic E-state index is 12.7. The molecule has 0 bridgehead atoms. The van der Waals surface area contributed by atoms with Gasteiger partial charge in [0.25, 0.3) is 11.8 Å². The molecular weight excluding hydrogens is 404 g/mol. The largest absolute Gasteiger partial charge is 0.481 e. The van der Waals surface area contributed by atoms with Crippen LogP contribution in [0.2, 0.25) is 5.02 Å². The van der Waals surface area contributed by atoms with Gasteiger partial charge in [-0.3, -0.25) is 14.4 Å². The number of aliphatic carboxylic acids is 1. The van der Waals surface area contributed by atoms with Gasteiger partial charge in [0.15, 0.2) is 0 Å². The Balaban J connectivity index is 2.22. The quantitative estimate of drug-likeness (QED) is 0.581. The number of halogens is 1. The van der Waals surface area contributed by atoms with E-state index in [0.717, 1.165) is 5.56 Å². The Morgan fingerprint density at radius 1 is 1.00 bits per heavy atom. The molecule has 6 nitrogen and oxygen atoms in total. The Hall–Kier alpha value is -3.12. The first-order valence-electron chi connectivity index (χ1n) is 9.45. The summed E-state index contributed by atoms with van der Waals surface area (Å²) >= 11 is 5.89. The third-order valence-corrected chi connectivity index (χ3v) is 4.56. The zero-order valence-corrected chi connectivity index (χ0v) is 17.9. The van der Waals surface area contributed by atoms with E-state index in [-0.39, 0.29) is 24.1 Å². The number of benzene rings is 2. The molecule has 0 saturated carbocycles. The second-order valence-corrected chi connectivity index (χ2v) is 8.23. The van der Waals surface area contributed by atoms with E-state index < -0.39 is 17.8 Å². The molecule has 0 spiro atoms. The summed E-state index contributed by atoms with van der Waals surface area (Å²) in [5.41, 5.74) is 2.11. The van der Waals surface area contributed by atoms with Crippen LogP contribution in [0.1, 0.15) is 48.7 Å². The molecule has 2 aromatic carbocycles. The summed E-state index contributed by atoms with van der Waals surface area (Å²) in [6.45, 7) is 6.19. The lowest BCUT2D eigenvalue weighted by atomic mass is 9.87. The first kappa shape index (κ1) is 23.2. The van der Waals surface area contributed by atoms with Gasteiger partial charge >= 0.3 is 5.97 Å². The van der Waals surface area contributed by atoms with E-state index in [9.17, 15) is 14.4 Å². The Kier molecular flexibility index (Phi) is 7.78. The van der Waals surface area contributed by atoms with Crippen LogP contribution in [0.3, 0.4) is 0 Å². The average molecular weight is 429 g/mol. The molecule has 0 heterocycles. The van der Waals surface area contributed by atoms with Crippen LogP contribution in [-0.4, -0.2) is 29.4 Å². The summed E-state index contributed by atoms with van der Waals surface area (Å²) in [7, 11) is 0. The molecule has 0 aliphatic heterocycles. The highest BCUT2D eigenvalue weighted by atomic mass is 35.5. The normalized spacial score (nSPS) is 11.7. The minimum atomic E-state index is -1.03. The van der Waals surface area contributed by atoms with Gasteiger partial charge in [0, 0.05) is 17.1 Å². The van der Waals surface area contributed by atoms with E-state index >= 15 is 0 Å². The van der Waals surface area contributed by atoms with Crippen molar-refractivity contribution in [1.29, 1.82) is 0 Å². The standard InChI is InChI=1S/C23H25ClN2O4/c1-23(2,3)17-8-6-16(7-9-17)21(29)26-19(22(30)25-13-12-20(27)28)14-15-4-10-18(24)11-5-15/h4-11,14H,12-13H2,1-3H3,(H,25,30)(H,26,29)(H,27,28)/b19-14+. The molecule has 0 atom stereocenters. The number of rotatable bonds is 7. The number of hydrogen-bond donors (Lipinski definition) is 3. The van der Waals surface area contributed by atoms with Gasteiger partial charge in [-0.2, -0.15) is 0 Å². The van der Waals surface area contributed by atoms with E-state index in [0.29, 0.717) is 16.1 Å². The summed E-state index contributed by atoms with van der Waals surface area (Å²) in [5, 5.41) is 14.4. The first-order chi connectivity index (χ1) is 14.1. The summed E-state index contributed by atoms with van der Waals surface area (Å²) in [6, 6.07) is 13.9. The number of carboxylic acids is 1. The Morgan fingerprint density at radius 2 is 1.60 bits per heavy atom.